The van der Waals surface area contributed by atoms with Crippen molar-refractivity contribution in [3.8, 4) is 0 Å². The van der Waals surface area contributed by atoms with Crippen LogP contribution in [0.3, 0.4) is 0 Å². The standard InChI is InChI=1S/C11H17BrN2O/c1-2-6-14-10(9(12)7-13-14)11(15)8-4-3-5-8/h7-8,11,15H,2-6H2,1H3. The summed E-state index contributed by atoms with van der Waals surface area (Å²) in [4.78, 5) is 0. The van der Waals surface area contributed by atoms with Gasteiger partial charge in [0, 0.05) is 6.54 Å². The number of halogens is 1. The molecule has 0 saturated heterocycles. The molecular formula is C11H17BrN2O. The Labute approximate surface area is 98.6 Å². The highest BCUT2D eigenvalue weighted by Gasteiger charge is 2.30. The lowest BCUT2D eigenvalue weighted by Gasteiger charge is -2.30. The van der Waals surface area contributed by atoms with E-state index in [0.29, 0.717) is 5.92 Å². The molecule has 15 heavy (non-hydrogen) atoms. The zero-order chi connectivity index (χ0) is 10.8. The van der Waals surface area contributed by atoms with Gasteiger partial charge < -0.3 is 5.11 Å². The smallest absolute Gasteiger partial charge is 0.0996 e. The van der Waals surface area contributed by atoms with Crippen molar-refractivity contribution < 1.29 is 5.11 Å². The lowest BCUT2D eigenvalue weighted by molar-refractivity contribution is 0.0540. The minimum atomic E-state index is -0.345. The van der Waals surface area contributed by atoms with Gasteiger partial charge in [0.2, 0.25) is 0 Å². The topological polar surface area (TPSA) is 38.0 Å². The fourth-order valence-electron chi connectivity index (χ4n) is 2.03. The number of aliphatic hydroxyl groups is 1. The molecule has 2 rings (SSSR count). The average molecular weight is 273 g/mol. The third-order valence-electron chi connectivity index (χ3n) is 3.15. The predicted molar refractivity (Wildman–Crippen MR) is 62.5 cm³/mol. The second-order valence-corrected chi connectivity index (χ2v) is 5.09. The average Bonchev–Trinajstić information content (AvgIpc) is 2.45. The molecular weight excluding hydrogens is 256 g/mol. The molecule has 0 aromatic carbocycles. The summed E-state index contributed by atoms with van der Waals surface area (Å²) >= 11 is 3.47. The van der Waals surface area contributed by atoms with Gasteiger partial charge in [-0.1, -0.05) is 13.3 Å². The highest BCUT2D eigenvalue weighted by atomic mass is 79.9. The number of nitrogens with zero attached hydrogens (tertiary/aromatic N) is 2. The molecule has 1 unspecified atom stereocenters. The van der Waals surface area contributed by atoms with E-state index in [1.54, 1.807) is 6.20 Å². The second-order valence-electron chi connectivity index (χ2n) is 4.24. The molecule has 1 atom stereocenters. The zero-order valence-electron chi connectivity index (χ0n) is 8.99. The van der Waals surface area contributed by atoms with Crippen LogP contribution in [0, 0.1) is 5.92 Å². The van der Waals surface area contributed by atoms with Crippen molar-refractivity contribution in [2.24, 2.45) is 5.92 Å². The molecule has 1 aliphatic carbocycles. The van der Waals surface area contributed by atoms with E-state index in [0.717, 1.165) is 36.0 Å². The molecule has 84 valence electrons. The Bertz CT molecular complexity index is 333. The molecule has 0 radical (unpaired) electrons. The Morgan fingerprint density at radius 1 is 1.67 bits per heavy atom. The Morgan fingerprint density at radius 2 is 2.40 bits per heavy atom. The molecule has 4 heteroatoms. The molecule has 1 heterocycles. The van der Waals surface area contributed by atoms with Crippen LogP contribution < -0.4 is 0 Å². The van der Waals surface area contributed by atoms with Crippen LogP contribution in [-0.4, -0.2) is 14.9 Å². The van der Waals surface area contributed by atoms with Gasteiger partial charge in [0.1, 0.15) is 0 Å². The number of rotatable bonds is 4. The minimum Gasteiger partial charge on any atom is -0.386 e. The fourth-order valence-corrected chi connectivity index (χ4v) is 2.57. The molecule has 1 aliphatic rings. The maximum absolute atomic E-state index is 10.2. The van der Waals surface area contributed by atoms with Crippen LogP contribution in [0.15, 0.2) is 10.7 Å². The summed E-state index contributed by atoms with van der Waals surface area (Å²) in [5.74, 6) is 0.439. The third-order valence-corrected chi connectivity index (χ3v) is 3.76. The highest BCUT2D eigenvalue weighted by Crippen LogP contribution is 2.39. The summed E-state index contributed by atoms with van der Waals surface area (Å²) in [6.07, 6.45) is 6.02. The summed E-state index contributed by atoms with van der Waals surface area (Å²) in [6, 6.07) is 0. The van der Waals surface area contributed by atoms with E-state index in [9.17, 15) is 5.11 Å². The van der Waals surface area contributed by atoms with E-state index in [4.69, 9.17) is 0 Å². The maximum Gasteiger partial charge on any atom is 0.0996 e. The number of hydrogen-bond donors (Lipinski definition) is 1. The van der Waals surface area contributed by atoms with Gasteiger partial charge in [-0.25, -0.2) is 0 Å². The molecule has 0 spiro atoms. The largest absolute Gasteiger partial charge is 0.386 e. The lowest BCUT2D eigenvalue weighted by atomic mass is 9.80. The number of aryl methyl sites for hydroxylation is 1. The minimum absolute atomic E-state index is 0.345. The molecule has 1 saturated carbocycles. The Hall–Kier alpha value is -0.350. The first kappa shape index (κ1) is 11.1. The van der Waals surface area contributed by atoms with Crippen molar-refractivity contribution in [1.82, 2.24) is 9.78 Å². The molecule has 0 aliphatic heterocycles. The van der Waals surface area contributed by atoms with E-state index in [2.05, 4.69) is 28.0 Å². The van der Waals surface area contributed by atoms with Gasteiger partial charge in [-0.2, -0.15) is 5.10 Å². The normalized spacial score (nSPS) is 18.9. The first-order valence-electron chi connectivity index (χ1n) is 5.63. The summed E-state index contributed by atoms with van der Waals surface area (Å²) in [6.45, 7) is 3.00. The van der Waals surface area contributed by atoms with Crippen molar-refractivity contribution in [2.45, 2.75) is 45.3 Å². The van der Waals surface area contributed by atoms with Crippen molar-refractivity contribution in [1.29, 1.82) is 0 Å². The summed E-state index contributed by atoms with van der Waals surface area (Å²) in [7, 11) is 0. The third kappa shape index (κ3) is 2.11. The van der Waals surface area contributed by atoms with Crippen molar-refractivity contribution in [3.05, 3.63) is 16.4 Å². The number of hydrogen-bond acceptors (Lipinski definition) is 2. The maximum atomic E-state index is 10.2. The van der Waals surface area contributed by atoms with Crippen LogP contribution in [0.2, 0.25) is 0 Å². The van der Waals surface area contributed by atoms with Gasteiger partial charge in [-0.3, -0.25) is 4.68 Å². The molecule has 1 aromatic heterocycles. The molecule has 1 fully saturated rings. The second kappa shape index (κ2) is 4.66. The van der Waals surface area contributed by atoms with Crippen molar-refractivity contribution >= 4 is 15.9 Å². The molecule has 0 bridgehead atoms. The zero-order valence-corrected chi connectivity index (χ0v) is 10.6. The van der Waals surface area contributed by atoms with Crippen molar-refractivity contribution in [3.63, 3.8) is 0 Å². The number of aromatic nitrogens is 2. The van der Waals surface area contributed by atoms with E-state index in [-0.39, 0.29) is 6.10 Å². The van der Waals surface area contributed by atoms with E-state index < -0.39 is 0 Å². The van der Waals surface area contributed by atoms with Gasteiger partial charge >= 0.3 is 0 Å². The van der Waals surface area contributed by atoms with Gasteiger partial charge in [-0.15, -0.1) is 0 Å². The molecule has 0 amide bonds. The van der Waals surface area contributed by atoms with E-state index >= 15 is 0 Å². The summed E-state index contributed by atoms with van der Waals surface area (Å²) in [5, 5.41) is 14.5. The molecule has 1 aromatic rings. The Balaban J connectivity index is 2.19. The van der Waals surface area contributed by atoms with Gasteiger partial charge in [0.15, 0.2) is 0 Å². The molecule has 1 N–H and O–H groups in total. The van der Waals surface area contributed by atoms with Gasteiger partial charge in [0.25, 0.3) is 0 Å². The Morgan fingerprint density at radius 3 is 2.93 bits per heavy atom. The van der Waals surface area contributed by atoms with Gasteiger partial charge in [-0.05, 0) is 41.1 Å². The quantitative estimate of drug-likeness (QED) is 0.916. The van der Waals surface area contributed by atoms with Crippen LogP contribution in [-0.2, 0) is 6.54 Å². The Kier molecular flexibility index (Phi) is 3.46. The summed E-state index contributed by atoms with van der Waals surface area (Å²) < 4.78 is 2.86. The van der Waals surface area contributed by atoms with Crippen LogP contribution in [0.4, 0.5) is 0 Å². The van der Waals surface area contributed by atoms with Crippen LogP contribution in [0.5, 0.6) is 0 Å². The molecule has 3 nitrogen and oxygen atoms in total. The summed E-state index contributed by atoms with van der Waals surface area (Å²) in [5.41, 5.74) is 0.960. The first-order chi connectivity index (χ1) is 7.24. The van der Waals surface area contributed by atoms with Crippen LogP contribution >= 0.6 is 15.9 Å². The monoisotopic (exact) mass is 272 g/mol. The van der Waals surface area contributed by atoms with Crippen LogP contribution in [0.1, 0.15) is 44.4 Å². The highest BCUT2D eigenvalue weighted by molar-refractivity contribution is 9.10. The van der Waals surface area contributed by atoms with E-state index in [1.165, 1.54) is 6.42 Å². The van der Waals surface area contributed by atoms with Gasteiger partial charge in [0.05, 0.1) is 22.5 Å². The fraction of sp³-hybridized carbons (Fsp3) is 0.727. The number of aliphatic hydroxyl groups excluding tert-OH is 1. The SMILES string of the molecule is CCCn1ncc(Br)c1C(O)C1CCC1. The van der Waals surface area contributed by atoms with Crippen LogP contribution in [0.25, 0.3) is 0 Å². The lowest BCUT2D eigenvalue weighted by Crippen LogP contribution is -2.23. The van der Waals surface area contributed by atoms with Crippen molar-refractivity contribution in [2.75, 3.05) is 0 Å². The van der Waals surface area contributed by atoms with E-state index in [1.807, 2.05) is 4.68 Å². The first-order valence-corrected chi connectivity index (χ1v) is 6.42. The predicted octanol–water partition coefficient (Wildman–Crippen LogP) is 2.89.